The quantitative estimate of drug-likeness (QED) is 0.863. The summed E-state index contributed by atoms with van der Waals surface area (Å²) in [7, 11) is 0. The van der Waals surface area contributed by atoms with Crippen molar-refractivity contribution in [2.24, 2.45) is 5.16 Å². The highest BCUT2D eigenvalue weighted by Crippen LogP contribution is 2.24. The van der Waals surface area contributed by atoms with Gasteiger partial charge in [0.15, 0.2) is 5.71 Å². The van der Waals surface area contributed by atoms with Gasteiger partial charge in [-0.25, -0.2) is 4.39 Å². The average Bonchev–Trinajstić information content (AvgIpc) is 2.77. The van der Waals surface area contributed by atoms with E-state index in [2.05, 4.69) is 26.4 Å². The summed E-state index contributed by atoms with van der Waals surface area (Å²) in [6, 6.07) is 11.6. The van der Waals surface area contributed by atoms with Crippen LogP contribution >= 0.6 is 15.9 Å². The highest BCUT2D eigenvalue weighted by atomic mass is 79.9. The molecule has 0 fully saturated rings. The van der Waals surface area contributed by atoms with Crippen LogP contribution in [0.25, 0.3) is 0 Å². The van der Waals surface area contributed by atoms with Crippen LogP contribution in [0.1, 0.15) is 11.1 Å². The van der Waals surface area contributed by atoms with E-state index in [1.54, 1.807) is 0 Å². The monoisotopic (exact) mass is 348 g/mol. The zero-order chi connectivity index (χ0) is 14.8. The van der Waals surface area contributed by atoms with E-state index in [0.29, 0.717) is 11.3 Å². The number of oxime groups is 1. The Hall–Kier alpha value is -2.21. The van der Waals surface area contributed by atoms with Gasteiger partial charge in [0.25, 0.3) is 5.91 Å². The molecule has 0 spiro atoms. The summed E-state index contributed by atoms with van der Waals surface area (Å²) < 4.78 is 14.2. The van der Waals surface area contributed by atoms with Crippen molar-refractivity contribution in [3.63, 3.8) is 0 Å². The molecule has 0 saturated carbocycles. The minimum Gasteiger partial charge on any atom is -0.390 e. The van der Waals surface area contributed by atoms with E-state index in [9.17, 15) is 9.18 Å². The SMILES string of the molecule is O=C1Nc2ccc(F)cc2/C1=N/OCc1ccccc1Br. The predicted molar refractivity (Wildman–Crippen MR) is 80.5 cm³/mol. The van der Waals surface area contributed by atoms with Gasteiger partial charge >= 0.3 is 0 Å². The first-order valence-corrected chi connectivity index (χ1v) is 6.99. The van der Waals surface area contributed by atoms with Crippen LogP contribution in [-0.2, 0) is 16.2 Å². The second kappa shape index (κ2) is 5.65. The molecule has 1 aliphatic rings. The standard InChI is InChI=1S/C15H10BrFN2O2/c16-12-4-2-1-3-9(12)8-21-19-14-11-7-10(17)5-6-13(11)18-15(14)20/h1-7H,8H2,(H,18,19,20). The van der Waals surface area contributed by atoms with E-state index in [4.69, 9.17) is 4.84 Å². The zero-order valence-corrected chi connectivity index (χ0v) is 12.4. The molecule has 0 atom stereocenters. The van der Waals surface area contributed by atoms with Gasteiger partial charge in [-0.3, -0.25) is 4.79 Å². The van der Waals surface area contributed by atoms with Crippen LogP contribution in [0.4, 0.5) is 10.1 Å². The van der Waals surface area contributed by atoms with Crippen molar-refractivity contribution in [1.29, 1.82) is 0 Å². The van der Waals surface area contributed by atoms with Crippen molar-refractivity contribution < 1.29 is 14.0 Å². The lowest BCUT2D eigenvalue weighted by molar-refractivity contribution is -0.110. The molecule has 0 saturated heterocycles. The largest absolute Gasteiger partial charge is 0.390 e. The van der Waals surface area contributed by atoms with Crippen LogP contribution in [-0.4, -0.2) is 11.6 Å². The van der Waals surface area contributed by atoms with E-state index < -0.39 is 11.7 Å². The van der Waals surface area contributed by atoms with Crippen LogP contribution in [0, 0.1) is 5.82 Å². The van der Waals surface area contributed by atoms with Crippen LogP contribution in [0.2, 0.25) is 0 Å². The van der Waals surface area contributed by atoms with Crippen molar-refractivity contribution in [3.05, 3.63) is 63.9 Å². The van der Waals surface area contributed by atoms with Crippen LogP contribution in [0.3, 0.4) is 0 Å². The molecule has 3 rings (SSSR count). The van der Waals surface area contributed by atoms with Crippen LogP contribution < -0.4 is 5.32 Å². The number of fused-ring (bicyclic) bond motifs is 1. The second-order valence-electron chi connectivity index (χ2n) is 4.45. The Morgan fingerprint density at radius 1 is 1.24 bits per heavy atom. The highest BCUT2D eigenvalue weighted by Gasteiger charge is 2.27. The number of amides is 1. The summed E-state index contributed by atoms with van der Waals surface area (Å²) >= 11 is 3.40. The van der Waals surface area contributed by atoms with Crippen molar-refractivity contribution in [2.45, 2.75) is 6.61 Å². The molecule has 0 aromatic heterocycles. The summed E-state index contributed by atoms with van der Waals surface area (Å²) in [5, 5.41) is 6.45. The number of benzene rings is 2. The number of carbonyl (C=O) groups excluding carboxylic acids is 1. The van der Waals surface area contributed by atoms with E-state index in [1.807, 2.05) is 24.3 Å². The number of halogens is 2. The summed E-state index contributed by atoms with van der Waals surface area (Å²) in [4.78, 5) is 17.0. The second-order valence-corrected chi connectivity index (χ2v) is 5.30. The van der Waals surface area contributed by atoms with Gasteiger partial charge < -0.3 is 10.2 Å². The fraction of sp³-hybridized carbons (Fsp3) is 0.0667. The fourth-order valence-corrected chi connectivity index (χ4v) is 2.40. The third-order valence-corrected chi connectivity index (χ3v) is 3.81. The molecule has 1 heterocycles. The Bertz CT molecular complexity index is 746. The van der Waals surface area contributed by atoms with Crippen LogP contribution in [0.15, 0.2) is 52.1 Å². The molecular formula is C15H10BrFN2O2. The Morgan fingerprint density at radius 3 is 2.86 bits per heavy atom. The summed E-state index contributed by atoms with van der Waals surface area (Å²) in [5.74, 6) is -0.827. The maximum Gasteiger partial charge on any atom is 0.278 e. The topological polar surface area (TPSA) is 50.7 Å². The number of hydrogen-bond donors (Lipinski definition) is 1. The number of anilines is 1. The van der Waals surface area contributed by atoms with Gasteiger partial charge in [-0.15, -0.1) is 0 Å². The normalized spacial score (nSPS) is 15.0. The summed E-state index contributed by atoms with van der Waals surface area (Å²) in [6.45, 7) is 0.211. The molecule has 1 aliphatic heterocycles. The zero-order valence-electron chi connectivity index (χ0n) is 10.8. The molecule has 21 heavy (non-hydrogen) atoms. The van der Waals surface area contributed by atoms with E-state index in [-0.39, 0.29) is 12.3 Å². The first kappa shape index (κ1) is 13.8. The Kier molecular flexibility index (Phi) is 3.70. The number of rotatable bonds is 3. The van der Waals surface area contributed by atoms with Crippen molar-refractivity contribution >= 4 is 33.2 Å². The third kappa shape index (κ3) is 2.80. The molecule has 1 N–H and O–H groups in total. The smallest absolute Gasteiger partial charge is 0.278 e. The number of hydrogen-bond acceptors (Lipinski definition) is 3. The Morgan fingerprint density at radius 2 is 2.05 bits per heavy atom. The first-order chi connectivity index (χ1) is 10.1. The Balaban J connectivity index is 1.80. The molecule has 0 aliphatic carbocycles. The van der Waals surface area contributed by atoms with Gasteiger partial charge in [-0.05, 0) is 24.3 Å². The number of carbonyl (C=O) groups is 1. The van der Waals surface area contributed by atoms with Gasteiger partial charge in [-0.2, -0.15) is 0 Å². The number of nitrogens with one attached hydrogen (secondary N) is 1. The predicted octanol–water partition coefficient (Wildman–Crippen LogP) is 3.46. The third-order valence-electron chi connectivity index (χ3n) is 3.03. The molecule has 2 aromatic rings. The molecule has 0 radical (unpaired) electrons. The lowest BCUT2D eigenvalue weighted by Crippen LogP contribution is -2.14. The van der Waals surface area contributed by atoms with Gasteiger partial charge in [0.05, 0.1) is 5.69 Å². The molecule has 4 nitrogen and oxygen atoms in total. The molecule has 1 amide bonds. The highest BCUT2D eigenvalue weighted by molar-refractivity contribution is 9.10. The van der Waals surface area contributed by atoms with Gasteiger partial charge in [-0.1, -0.05) is 39.3 Å². The van der Waals surface area contributed by atoms with E-state index >= 15 is 0 Å². The maximum absolute atomic E-state index is 13.3. The van der Waals surface area contributed by atoms with Gasteiger partial charge in [0, 0.05) is 15.6 Å². The molecule has 106 valence electrons. The average molecular weight is 349 g/mol. The number of nitrogens with zero attached hydrogens (tertiary/aromatic N) is 1. The minimum atomic E-state index is -0.427. The Labute approximate surface area is 128 Å². The minimum absolute atomic E-state index is 0.0801. The maximum atomic E-state index is 13.3. The summed E-state index contributed by atoms with van der Waals surface area (Å²) in [5.41, 5.74) is 1.92. The van der Waals surface area contributed by atoms with E-state index in [0.717, 1.165) is 10.0 Å². The van der Waals surface area contributed by atoms with E-state index in [1.165, 1.54) is 18.2 Å². The van der Waals surface area contributed by atoms with Crippen molar-refractivity contribution in [3.8, 4) is 0 Å². The van der Waals surface area contributed by atoms with Crippen molar-refractivity contribution in [2.75, 3.05) is 5.32 Å². The molecule has 2 aromatic carbocycles. The first-order valence-electron chi connectivity index (χ1n) is 6.20. The van der Waals surface area contributed by atoms with Gasteiger partial charge in [0.1, 0.15) is 12.4 Å². The molecular weight excluding hydrogens is 339 g/mol. The lowest BCUT2D eigenvalue weighted by Gasteiger charge is -2.03. The fourth-order valence-electron chi connectivity index (χ4n) is 2.00. The van der Waals surface area contributed by atoms with Crippen LogP contribution in [0.5, 0.6) is 0 Å². The summed E-state index contributed by atoms with van der Waals surface area (Å²) in [6.07, 6.45) is 0. The lowest BCUT2D eigenvalue weighted by atomic mass is 10.1. The molecule has 6 heteroatoms. The molecule has 0 unspecified atom stereocenters. The van der Waals surface area contributed by atoms with Gasteiger partial charge in [0.2, 0.25) is 0 Å². The molecule has 0 bridgehead atoms. The van der Waals surface area contributed by atoms with Crippen molar-refractivity contribution in [1.82, 2.24) is 0 Å².